The topological polar surface area (TPSA) is 104 Å². The molecule has 1 N–H and O–H groups in total. The smallest absolute Gasteiger partial charge is 0.274 e. The molecule has 4 rings (SSSR count). The lowest BCUT2D eigenvalue weighted by molar-refractivity contribution is 0.0635. The number of aryl methyl sites for hydroxylation is 1. The van der Waals surface area contributed by atoms with Gasteiger partial charge in [0.15, 0.2) is 0 Å². The second kappa shape index (κ2) is 6.46. The van der Waals surface area contributed by atoms with Gasteiger partial charge in [0.25, 0.3) is 5.91 Å². The first-order valence-electron chi connectivity index (χ1n) is 8.61. The van der Waals surface area contributed by atoms with Gasteiger partial charge in [0, 0.05) is 56.7 Å². The maximum absolute atomic E-state index is 13.2. The Labute approximate surface area is 156 Å². The minimum absolute atomic E-state index is 0.184. The summed E-state index contributed by atoms with van der Waals surface area (Å²) in [4.78, 5) is 21.5. The lowest BCUT2D eigenvalue weighted by Crippen LogP contribution is -2.55. The number of H-pyrrole nitrogens is 1. The van der Waals surface area contributed by atoms with Crippen LogP contribution in [0.15, 0.2) is 41.7 Å². The zero-order chi connectivity index (χ0) is 19.2. The standard InChI is InChI=1S/C17H20N6O3S/c1-12-11-22(17(24)14-5-7-21(2)20-14)8-9-23(12)27(25,26)15-10-19-16-13(15)4-3-6-18-16/h3-7,10,12H,8-9,11H2,1-2H3,(H,18,19)/t12-/m0/s1. The van der Waals surface area contributed by atoms with Crippen molar-refractivity contribution in [2.75, 3.05) is 19.6 Å². The number of nitrogens with zero attached hydrogens (tertiary/aromatic N) is 5. The van der Waals surface area contributed by atoms with Gasteiger partial charge >= 0.3 is 0 Å². The Balaban J connectivity index is 1.57. The van der Waals surface area contributed by atoms with Crippen molar-refractivity contribution >= 4 is 27.0 Å². The summed E-state index contributed by atoms with van der Waals surface area (Å²) in [5.41, 5.74) is 0.899. The molecular formula is C17H20N6O3S. The molecule has 1 fully saturated rings. The number of aromatic nitrogens is 4. The molecule has 142 valence electrons. The highest BCUT2D eigenvalue weighted by Gasteiger charge is 2.37. The average Bonchev–Trinajstić information content (AvgIpc) is 3.27. The molecule has 1 aliphatic heterocycles. The molecule has 9 nitrogen and oxygen atoms in total. The number of nitrogens with one attached hydrogen (secondary N) is 1. The van der Waals surface area contributed by atoms with Gasteiger partial charge in [-0.05, 0) is 25.1 Å². The van der Waals surface area contributed by atoms with Crippen molar-refractivity contribution in [1.29, 1.82) is 0 Å². The Bertz CT molecular complexity index is 1100. The van der Waals surface area contributed by atoms with Gasteiger partial charge in [-0.25, -0.2) is 13.4 Å². The second-order valence-corrected chi connectivity index (χ2v) is 8.50. The predicted molar refractivity (Wildman–Crippen MR) is 98.6 cm³/mol. The number of carbonyl (C=O) groups is 1. The minimum atomic E-state index is -3.70. The van der Waals surface area contributed by atoms with Crippen molar-refractivity contribution in [1.82, 2.24) is 29.0 Å². The van der Waals surface area contributed by atoms with Crippen LogP contribution in [0.2, 0.25) is 0 Å². The molecule has 3 aromatic rings. The van der Waals surface area contributed by atoms with Crippen LogP contribution in [0, 0.1) is 0 Å². The van der Waals surface area contributed by atoms with Gasteiger partial charge in [-0.1, -0.05) is 0 Å². The van der Waals surface area contributed by atoms with Crippen LogP contribution in [0.4, 0.5) is 0 Å². The van der Waals surface area contributed by atoms with Gasteiger partial charge < -0.3 is 9.88 Å². The first-order valence-corrected chi connectivity index (χ1v) is 10.0. The van der Waals surface area contributed by atoms with E-state index in [9.17, 15) is 13.2 Å². The van der Waals surface area contributed by atoms with E-state index in [4.69, 9.17) is 0 Å². The van der Waals surface area contributed by atoms with Crippen LogP contribution >= 0.6 is 0 Å². The number of aromatic amines is 1. The Hall–Kier alpha value is -2.72. The summed E-state index contributed by atoms with van der Waals surface area (Å²) in [5.74, 6) is -0.184. The molecule has 4 heterocycles. The van der Waals surface area contributed by atoms with E-state index in [-0.39, 0.29) is 23.4 Å². The molecule has 1 saturated heterocycles. The third kappa shape index (κ3) is 3.00. The molecule has 1 aliphatic rings. The van der Waals surface area contributed by atoms with Gasteiger partial charge in [0.2, 0.25) is 10.0 Å². The van der Waals surface area contributed by atoms with Gasteiger partial charge in [-0.15, -0.1) is 0 Å². The Kier molecular flexibility index (Phi) is 4.23. The quantitative estimate of drug-likeness (QED) is 0.716. The van der Waals surface area contributed by atoms with Crippen LogP contribution in [-0.4, -0.2) is 69.0 Å². The number of piperazine rings is 1. The number of amides is 1. The van der Waals surface area contributed by atoms with E-state index < -0.39 is 10.0 Å². The van der Waals surface area contributed by atoms with Gasteiger partial charge in [0.05, 0.1) is 0 Å². The summed E-state index contributed by atoms with van der Waals surface area (Å²) >= 11 is 0. The van der Waals surface area contributed by atoms with Crippen LogP contribution in [-0.2, 0) is 17.1 Å². The Morgan fingerprint density at radius 3 is 2.81 bits per heavy atom. The van der Waals surface area contributed by atoms with Gasteiger partial charge in [-0.3, -0.25) is 9.48 Å². The monoisotopic (exact) mass is 388 g/mol. The number of hydrogen-bond donors (Lipinski definition) is 1. The molecule has 0 aliphatic carbocycles. The van der Waals surface area contributed by atoms with Crippen LogP contribution in [0.5, 0.6) is 0 Å². The summed E-state index contributed by atoms with van der Waals surface area (Å²) in [6.07, 6.45) is 4.80. The number of hydrogen-bond acceptors (Lipinski definition) is 5. The number of rotatable bonds is 3. The van der Waals surface area contributed by atoms with Crippen molar-refractivity contribution in [3.63, 3.8) is 0 Å². The lowest BCUT2D eigenvalue weighted by atomic mass is 10.2. The summed E-state index contributed by atoms with van der Waals surface area (Å²) in [6, 6.07) is 4.76. The molecule has 0 aromatic carbocycles. The molecule has 27 heavy (non-hydrogen) atoms. The maximum atomic E-state index is 13.2. The Morgan fingerprint density at radius 2 is 2.11 bits per heavy atom. The van der Waals surface area contributed by atoms with E-state index in [2.05, 4.69) is 15.1 Å². The molecule has 0 spiro atoms. The van der Waals surface area contributed by atoms with E-state index >= 15 is 0 Å². The van der Waals surface area contributed by atoms with Crippen LogP contribution in [0.25, 0.3) is 11.0 Å². The van der Waals surface area contributed by atoms with Crippen molar-refractivity contribution in [2.24, 2.45) is 7.05 Å². The fourth-order valence-electron chi connectivity index (χ4n) is 3.44. The highest BCUT2D eigenvalue weighted by molar-refractivity contribution is 7.89. The molecular weight excluding hydrogens is 368 g/mol. The van der Waals surface area contributed by atoms with Gasteiger partial charge in [0.1, 0.15) is 16.2 Å². The molecule has 1 atom stereocenters. The zero-order valence-corrected chi connectivity index (χ0v) is 15.8. The Morgan fingerprint density at radius 1 is 1.30 bits per heavy atom. The van der Waals surface area contributed by atoms with Crippen LogP contribution in [0.3, 0.4) is 0 Å². The predicted octanol–water partition coefficient (Wildman–Crippen LogP) is 0.832. The number of sulfonamides is 1. The van der Waals surface area contributed by atoms with Crippen molar-refractivity contribution in [2.45, 2.75) is 17.9 Å². The molecule has 3 aromatic heterocycles. The second-order valence-electron chi connectivity index (χ2n) is 6.64. The fourth-order valence-corrected chi connectivity index (χ4v) is 5.21. The highest BCUT2D eigenvalue weighted by atomic mass is 32.2. The number of carbonyl (C=O) groups excluding carboxylic acids is 1. The average molecular weight is 388 g/mol. The normalized spacial score (nSPS) is 18.9. The zero-order valence-electron chi connectivity index (χ0n) is 15.0. The summed E-state index contributed by atoms with van der Waals surface area (Å²) in [7, 11) is -1.95. The van der Waals surface area contributed by atoms with Crippen LogP contribution in [0.1, 0.15) is 17.4 Å². The molecule has 0 saturated carbocycles. The van der Waals surface area contributed by atoms with E-state index in [1.54, 1.807) is 47.2 Å². The SMILES string of the molecule is C[C@H]1CN(C(=O)c2ccn(C)n2)CCN1S(=O)(=O)c1c[nH]c2ncccc12. The summed E-state index contributed by atoms with van der Waals surface area (Å²) in [5, 5.41) is 4.70. The third-order valence-corrected chi connectivity index (χ3v) is 6.84. The number of pyridine rings is 1. The highest BCUT2D eigenvalue weighted by Crippen LogP contribution is 2.27. The largest absolute Gasteiger partial charge is 0.345 e. The van der Waals surface area contributed by atoms with E-state index in [0.29, 0.717) is 29.8 Å². The number of fused-ring (bicyclic) bond motifs is 1. The summed E-state index contributed by atoms with van der Waals surface area (Å²) in [6.45, 7) is 2.67. The van der Waals surface area contributed by atoms with E-state index in [0.717, 1.165) is 0 Å². The van der Waals surface area contributed by atoms with Gasteiger partial charge in [-0.2, -0.15) is 9.40 Å². The summed E-state index contributed by atoms with van der Waals surface area (Å²) < 4.78 is 29.4. The minimum Gasteiger partial charge on any atom is -0.345 e. The first kappa shape index (κ1) is 17.7. The van der Waals surface area contributed by atoms with E-state index in [1.165, 1.54) is 10.5 Å². The maximum Gasteiger partial charge on any atom is 0.274 e. The molecule has 0 radical (unpaired) electrons. The molecule has 0 unspecified atom stereocenters. The fraction of sp³-hybridized carbons (Fsp3) is 0.353. The first-order chi connectivity index (χ1) is 12.9. The van der Waals surface area contributed by atoms with Crippen molar-refractivity contribution in [3.05, 3.63) is 42.5 Å². The molecule has 0 bridgehead atoms. The van der Waals surface area contributed by atoms with E-state index in [1.807, 2.05) is 6.92 Å². The molecule has 1 amide bonds. The molecule has 10 heteroatoms. The third-order valence-electron chi connectivity index (χ3n) is 4.79. The van der Waals surface area contributed by atoms with Crippen molar-refractivity contribution in [3.8, 4) is 0 Å². The lowest BCUT2D eigenvalue weighted by Gasteiger charge is -2.38. The van der Waals surface area contributed by atoms with Crippen LogP contribution < -0.4 is 0 Å². The van der Waals surface area contributed by atoms with Crippen molar-refractivity contribution < 1.29 is 13.2 Å².